The quantitative estimate of drug-likeness (QED) is 0.580. The molecule has 19 heavy (non-hydrogen) atoms. The summed E-state index contributed by atoms with van der Waals surface area (Å²) >= 11 is 0. The third-order valence-corrected chi connectivity index (χ3v) is 2.89. The Morgan fingerprint density at radius 1 is 1.11 bits per heavy atom. The summed E-state index contributed by atoms with van der Waals surface area (Å²) in [5, 5.41) is 3.32. The Labute approximate surface area is 113 Å². The topological polar surface area (TPSA) is 75.9 Å². The molecular weight excluding hydrogens is 238 g/mol. The van der Waals surface area contributed by atoms with Gasteiger partial charge in [-0.2, -0.15) is 0 Å². The Hall–Kier alpha value is -2.14. The Balaban J connectivity index is 2.34. The Morgan fingerprint density at radius 3 is 2.53 bits per heavy atom. The molecule has 100 valence electrons. The van der Waals surface area contributed by atoms with Crippen LogP contribution in [0.4, 0.5) is 17.3 Å². The van der Waals surface area contributed by atoms with E-state index in [1.165, 1.54) is 11.1 Å². The number of rotatable bonds is 4. The lowest BCUT2D eigenvalue weighted by atomic mass is 10.1. The minimum absolute atomic E-state index is 0.611. The standard InChI is InChI=1S/C14H19N5/c1-4-12-17-13(8-14(18-12)19-15)16-11-7-9(2)5-6-10(11)3/h5-8H,4,15H2,1-3H3,(H2,16,17,18,19). The van der Waals surface area contributed by atoms with Crippen LogP contribution in [0.15, 0.2) is 24.3 Å². The van der Waals surface area contributed by atoms with Crippen molar-refractivity contribution in [2.24, 2.45) is 5.84 Å². The minimum atomic E-state index is 0.611. The molecule has 1 aromatic carbocycles. The van der Waals surface area contributed by atoms with Crippen molar-refractivity contribution in [3.63, 3.8) is 0 Å². The van der Waals surface area contributed by atoms with Gasteiger partial charge in [-0.25, -0.2) is 15.8 Å². The smallest absolute Gasteiger partial charge is 0.145 e. The van der Waals surface area contributed by atoms with E-state index in [1.54, 1.807) is 6.07 Å². The van der Waals surface area contributed by atoms with Gasteiger partial charge in [-0.05, 0) is 31.0 Å². The van der Waals surface area contributed by atoms with E-state index in [-0.39, 0.29) is 0 Å². The number of aryl methyl sites for hydroxylation is 3. The fourth-order valence-electron chi connectivity index (χ4n) is 1.80. The molecule has 4 N–H and O–H groups in total. The molecule has 0 spiro atoms. The van der Waals surface area contributed by atoms with Crippen LogP contribution in [0.5, 0.6) is 0 Å². The lowest BCUT2D eigenvalue weighted by molar-refractivity contribution is 0.941. The first-order valence-corrected chi connectivity index (χ1v) is 6.31. The Bertz CT molecular complexity index is 558. The summed E-state index contributed by atoms with van der Waals surface area (Å²) in [6.45, 7) is 6.14. The molecule has 0 unspecified atom stereocenters. The monoisotopic (exact) mass is 257 g/mol. The van der Waals surface area contributed by atoms with E-state index in [4.69, 9.17) is 5.84 Å². The maximum absolute atomic E-state index is 5.42. The lowest BCUT2D eigenvalue weighted by Gasteiger charge is -2.11. The van der Waals surface area contributed by atoms with Crippen LogP contribution in [0.3, 0.4) is 0 Å². The van der Waals surface area contributed by atoms with Gasteiger partial charge in [-0.15, -0.1) is 0 Å². The molecule has 0 radical (unpaired) electrons. The molecule has 0 amide bonds. The van der Waals surface area contributed by atoms with E-state index in [2.05, 4.69) is 52.8 Å². The van der Waals surface area contributed by atoms with Crippen molar-refractivity contribution in [1.82, 2.24) is 9.97 Å². The maximum atomic E-state index is 5.42. The van der Waals surface area contributed by atoms with Gasteiger partial charge < -0.3 is 10.7 Å². The molecule has 0 saturated heterocycles. The van der Waals surface area contributed by atoms with Crippen molar-refractivity contribution >= 4 is 17.3 Å². The normalized spacial score (nSPS) is 10.3. The first kappa shape index (κ1) is 13.3. The highest BCUT2D eigenvalue weighted by molar-refractivity contribution is 5.63. The van der Waals surface area contributed by atoms with Gasteiger partial charge in [0.05, 0.1) is 0 Å². The number of nitrogen functional groups attached to an aromatic ring is 1. The van der Waals surface area contributed by atoms with Crippen LogP contribution in [-0.4, -0.2) is 9.97 Å². The fraction of sp³-hybridized carbons (Fsp3) is 0.286. The Kier molecular flexibility index (Phi) is 3.97. The van der Waals surface area contributed by atoms with Gasteiger partial charge in [0.25, 0.3) is 0 Å². The number of aromatic nitrogens is 2. The van der Waals surface area contributed by atoms with Crippen LogP contribution >= 0.6 is 0 Å². The van der Waals surface area contributed by atoms with Gasteiger partial charge in [0, 0.05) is 18.2 Å². The Morgan fingerprint density at radius 2 is 1.84 bits per heavy atom. The third-order valence-electron chi connectivity index (χ3n) is 2.89. The summed E-state index contributed by atoms with van der Waals surface area (Å²) in [5.41, 5.74) is 5.98. The zero-order chi connectivity index (χ0) is 13.8. The highest BCUT2D eigenvalue weighted by Crippen LogP contribution is 2.22. The average molecular weight is 257 g/mol. The fourth-order valence-corrected chi connectivity index (χ4v) is 1.80. The SMILES string of the molecule is CCc1nc(NN)cc(Nc2cc(C)ccc2C)n1. The number of nitrogens with zero attached hydrogens (tertiary/aromatic N) is 2. The largest absolute Gasteiger partial charge is 0.340 e. The number of hydrogen-bond acceptors (Lipinski definition) is 5. The molecule has 5 nitrogen and oxygen atoms in total. The van der Waals surface area contributed by atoms with Gasteiger partial charge in [0.1, 0.15) is 17.5 Å². The van der Waals surface area contributed by atoms with Crippen LogP contribution in [0.2, 0.25) is 0 Å². The molecular formula is C14H19N5. The van der Waals surface area contributed by atoms with Gasteiger partial charge in [-0.1, -0.05) is 19.1 Å². The van der Waals surface area contributed by atoms with Gasteiger partial charge in [-0.3, -0.25) is 0 Å². The van der Waals surface area contributed by atoms with Crippen LogP contribution in [-0.2, 0) is 6.42 Å². The molecule has 0 fully saturated rings. The summed E-state index contributed by atoms with van der Waals surface area (Å²) in [5.74, 6) is 7.53. The summed E-state index contributed by atoms with van der Waals surface area (Å²) in [6, 6.07) is 8.06. The molecule has 0 atom stereocenters. The first-order valence-electron chi connectivity index (χ1n) is 6.31. The second-order valence-electron chi connectivity index (χ2n) is 4.50. The van der Waals surface area contributed by atoms with Crippen LogP contribution in [0, 0.1) is 13.8 Å². The maximum Gasteiger partial charge on any atom is 0.145 e. The number of benzene rings is 1. The van der Waals surface area contributed by atoms with E-state index < -0.39 is 0 Å². The van der Waals surface area contributed by atoms with Gasteiger partial charge >= 0.3 is 0 Å². The van der Waals surface area contributed by atoms with Gasteiger partial charge in [0.15, 0.2) is 0 Å². The molecule has 2 aromatic rings. The molecule has 2 rings (SSSR count). The van der Waals surface area contributed by atoms with E-state index in [1.807, 2.05) is 6.92 Å². The summed E-state index contributed by atoms with van der Waals surface area (Å²) in [6.07, 6.45) is 0.761. The minimum Gasteiger partial charge on any atom is -0.340 e. The number of nitrogens with one attached hydrogen (secondary N) is 2. The number of hydrogen-bond donors (Lipinski definition) is 3. The molecule has 1 aromatic heterocycles. The predicted octanol–water partition coefficient (Wildman–Crippen LogP) is 2.69. The molecule has 0 aliphatic heterocycles. The molecule has 0 aliphatic carbocycles. The molecule has 0 saturated carbocycles. The first-order chi connectivity index (χ1) is 9.12. The lowest BCUT2D eigenvalue weighted by Crippen LogP contribution is -2.11. The predicted molar refractivity (Wildman–Crippen MR) is 78.4 cm³/mol. The van der Waals surface area contributed by atoms with E-state index in [9.17, 15) is 0 Å². The van der Waals surface area contributed by atoms with Crippen molar-refractivity contribution in [2.45, 2.75) is 27.2 Å². The number of hydrazine groups is 1. The molecule has 0 bridgehead atoms. The van der Waals surface area contributed by atoms with Crippen LogP contribution in [0.25, 0.3) is 0 Å². The van der Waals surface area contributed by atoms with Crippen molar-refractivity contribution in [1.29, 1.82) is 0 Å². The van der Waals surface area contributed by atoms with Crippen LogP contribution < -0.4 is 16.6 Å². The third kappa shape index (κ3) is 3.20. The average Bonchev–Trinajstić information content (AvgIpc) is 2.42. The second kappa shape index (κ2) is 5.67. The molecule has 1 heterocycles. The van der Waals surface area contributed by atoms with Crippen molar-refractivity contribution in [2.75, 3.05) is 10.7 Å². The second-order valence-corrected chi connectivity index (χ2v) is 4.50. The number of anilines is 3. The van der Waals surface area contributed by atoms with E-state index in [0.29, 0.717) is 5.82 Å². The highest BCUT2D eigenvalue weighted by Gasteiger charge is 2.05. The zero-order valence-electron chi connectivity index (χ0n) is 11.5. The molecule has 5 heteroatoms. The number of nitrogens with two attached hydrogens (primary N) is 1. The van der Waals surface area contributed by atoms with Crippen molar-refractivity contribution in [3.8, 4) is 0 Å². The van der Waals surface area contributed by atoms with Crippen LogP contribution in [0.1, 0.15) is 23.9 Å². The van der Waals surface area contributed by atoms with E-state index >= 15 is 0 Å². The van der Waals surface area contributed by atoms with Gasteiger partial charge in [0.2, 0.25) is 0 Å². The van der Waals surface area contributed by atoms with E-state index in [0.717, 1.165) is 23.8 Å². The van der Waals surface area contributed by atoms with Crippen molar-refractivity contribution in [3.05, 3.63) is 41.2 Å². The van der Waals surface area contributed by atoms with Crippen molar-refractivity contribution < 1.29 is 0 Å². The highest BCUT2D eigenvalue weighted by atomic mass is 15.3. The summed E-state index contributed by atoms with van der Waals surface area (Å²) < 4.78 is 0. The summed E-state index contributed by atoms with van der Waals surface area (Å²) in [7, 11) is 0. The summed E-state index contributed by atoms with van der Waals surface area (Å²) in [4.78, 5) is 8.71. The molecule has 0 aliphatic rings. The zero-order valence-corrected chi connectivity index (χ0v) is 11.5.